The number of hydrogen-bond donors (Lipinski definition) is 2. The third-order valence-electron chi connectivity index (χ3n) is 4.45. The van der Waals surface area contributed by atoms with Gasteiger partial charge in [-0.15, -0.1) is 0 Å². The first-order valence-electron chi connectivity index (χ1n) is 7.77. The van der Waals surface area contributed by atoms with Gasteiger partial charge in [0.15, 0.2) is 5.06 Å². The van der Waals surface area contributed by atoms with E-state index in [4.69, 9.17) is 16.3 Å². The molecule has 1 amide bonds. The topological polar surface area (TPSA) is 50.4 Å². The van der Waals surface area contributed by atoms with Crippen molar-refractivity contribution >= 4 is 28.8 Å². The summed E-state index contributed by atoms with van der Waals surface area (Å²) in [6, 6.07) is 12.1. The lowest BCUT2D eigenvalue weighted by Crippen LogP contribution is -2.42. The number of halogens is 1. The van der Waals surface area contributed by atoms with E-state index >= 15 is 0 Å². The number of fused-ring (bicyclic) bond motifs is 2. The Morgan fingerprint density at radius 2 is 2.04 bits per heavy atom. The van der Waals surface area contributed by atoms with Gasteiger partial charge < -0.3 is 15.4 Å². The monoisotopic (exact) mass is 348 g/mol. The van der Waals surface area contributed by atoms with Crippen molar-refractivity contribution in [1.29, 1.82) is 0 Å². The van der Waals surface area contributed by atoms with Gasteiger partial charge in [0.2, 0.25) is 0 Å². The van der Waals surface area contributed by atoms with Crippen molar-refractivity contribution in [2.24, 2.45) is 0 Å². The number of amides is 1. The summed E-state index contributed by atoms with van der Waals surface area (Å²) in [4.78, 5) is 13.1. The van der Waals surface area contributed by atoms with Crippen molar-refractivity contribution in [3.05, 3.63) is 46.3 Å². The van der Waals surface area contributed by atoms with E-state index in [9.17, 15) is 4.79 Å². The van der Waals surface area contributed by atoms with Crippen LogP contribution in [0, 0.1) is 0 Å². The largest absolute Gasteiger partial charge is 0.447 e. The van der Waals surface area contributed by atoms with Crippen LogP contribution in [0.4, 0.5) is 0 Å². The fraction of sp³-hybridized carbons (Fsp3) is 0.353. The lowest BCUT2D eigenvalue weighted by molar-refractivity contribution is 0.0935. The maximum Gasteiger partial charge on any atom is 0.261 e. The summed E-state index contributed by atoms with van der Waals surface area (Å²) >= 11 is 7.21. The average molecular weight is 349 g/mol. The molecule has 2 aliphatic rings. The molecule has 2 aromatic rings. The molecule has 0 unspecified atom stereocenters. The zero-order valence-electron chi connectivity index (χ0n) is 12.4. The lowest BCUT2D eigenvalue weighted by Gasteiger charge is -2.20. The molecule has 6 heteroatoms. The van der Waals surface area contributed by atoms with Crippen molar-refractivity contribution in [1.82, 2.24) is 10.6 Å². The molecule has 0 spiro atoms. The summed E-state index contributed by atoms with van der Waals surface area (Å²) in [5, 5.41) is 8.04. The van der Waals surface area contributed by atoms with Crippen LogP contribution in [0.5, 0.6) is 10.8 Å². The van der Waals surface area contributed by atoms with Gasteiger partial charge in [-0.2, -0.15) is 0 Å². The van der Waals surface area contributed by atoms with Crippen molar-refractivity contribution in [3.63, 3.8) is 0 Å². The number of carbonyl (C=O) groups excluding carboxylic acids is 1. The molecule has 23 heavy (non-hydrogen) atoms. The van der Waals surface area contributed by atoms with Gasteiger partial charge in [-0.05, 0) is 55.7 Å². The quantitative estimate of drug-likeness (QED) is 0.883. The van der Waals surface area contributed by atoms with Crippen LogP contribution >= 0.6 is 22.9 Å². The van der Waals surface area contributed by atoms with Crippen molar-refractivity contribution in [3.8, 4) is 10.8 Å². The van der Waals surface area contributed by atoms with Gasteiger partial charge in [0.1, 0.15) is 5.75 Å². The van der Waals surface area contributed by atoms with Gasteiger partial charge >= 0.3 is 0 Å². The second-order valence-corrected chi connectivity index (χ2v) is 7.52. The van der Waals surface area contributed by atoms with Crippen molar-refractivity contribution < 1.29 is 9.53 Å². The molecule has 120 valence electrons. The highest BCUT2D eigenvalue weighted by atomic mass is 35.5. The molecule has 3 atom stereocenters. The maximum atomic E-state index is 12.4. The van der Waals surface area contributed by atoms with E-state index in [2.05, 4.69) is 10.6 Å². The molecule has 4 rings (SSSR count). The molecule has 0 radical (unpaired) electrons. The summed E-state index contributed by atoms with van der Waals surface area (Å²) in [6.45, 7) is 0. The van der Waals surface area contributed by atoms with E-state index in [1.165, 1.54) is 17.8 Å². The Morgan fingerprint density at radius 3 is 2.74 bits per heavy atom. The van der Waals surface area contributed by atoms with Crippen LogP contribution < -0.4 is 15.4 Å². The molecule has 0 aliphatic carbocycles. The molecule has 2 bridgehead atoms. The predicted octanol–water partition coefficient (Wildman–Crippen LogP) is 3.82. The SMILES string of the molecule is O=C(N[C@@H]1C[C@H]2CC[C@@H]1N2)c1ccc(Oc2ccc(Cl)cc2)s1. The minimum Gasteiger partial charge on any atom is -0.447 e. The van der Waals surface area contributed by atoms with E-state index in [0.29, 0.717) is 32.8 Å². The van der Waals surface area contributed by atoms with Crippen molar-refractivity contribution in [2.45, 2.75) is 37.4 Å². The van der Waals surface area contributed by atoms with Crippen LogP contribution in [-0.2, 0) is 0 Å². The molecule has 2 fully saturated rings. The Kier molecular flexibility index (Phi) is 4.01. The molecule has 2 aliphatic heterocycles. The van der Waals surface area contributed by atoms with Crippen LogP contribution in [0.3, 0.4) is 0 Å². The van der Waals surface area contributed by atoms with Crippen LogP contribution in [0.1, 0.15) is 28.9 Å². The summed E-state index contributed by atoms with van der Waals surface area (Å²) in [7, 11) is 0. The second-order valence-electron chi connectivity index (χ2n) is 6.04. The van der Waals surface area contributed by atoms with Crippen LogP contribution in [0.25, 0.3) is 0 Å². The number of carbonyl (C=O) groups is 1. The van der Waals surface area contributed by atoms with E-state index in [1.54, 1.807) is 12.1 Å². The van der Waals surface area contributed by atoms with E-state index in [0.717, 1.165) is 12.8 Å². The molecule has 2 saturated heterocycles. The highest BCUT2D eigenvalue weighted by molar-refractivity contribution is 7.15. The highest BCUT2D eigenvalue weighted by Gasteiger charge is 2.39. The Balaban J connectivity index is 1.39. The minimum atomic E-state index is -0.0136. The van der Waals surface area contributed by atoms with Gasteiger partial charge in [-0.25, -0.2) is 0 Å². The average Bonchev–Trinajstić information content (AvgIpc) is 3.26. The highest BCUT2D eigenvalue weighted by Crippen LogP contribution is 2.31. The predicted molar refractivity (Wildman–Crippen MR) is 91.7 cm³/mol. The molecule has 4 nitrogen and oxygen atoms in total. The molecule has 3 heterocycles. The first-order chi connectivity index (χ1) is 11.2. The molecule has 2 N–H and O–H groups in total. The van der Waals surface area contributed by atoms with Gasteiger partial charge in [0.05, 0.1) is 4.88 Å². The second kappa shape index (κ2) is 6.15. The Hall–Kier alpha value is -1.56. The standard InChI is InChI=1S/C17H17ClN2O2S/c18-10-1-4-12(5-2-10)22-16-8-7-15(23-16)17(21)20-14-9-11-3-6-13(14)19-11/h1-2,4-5,7-8,11,13-14,19H,3,6,9H2,(H,20,21)/t11-,13+,14-/m1/s1. The van der Waals surface area contributed by atoms with E-state index in [-0.39, 0.29) is 11.9 Å². The molecule has 1 aromatic carbocycles. The summed E-state index contributed by atoms with van der Waals surface area (Å²) in [5.74, 6) is 0.695. The number of nitrogens with one attached hydrogen (secondary N) is 2. The third-order valence-corrected chi connectivity index (χ3v) is 5.67. The lowest BCUT2D eigenvalue weighted by atomic mass is 9.95. The fourth-order valence-electron chi connectivity index (χ4n) is 3.34. The van der Waals surface area contributed by atoms with Gasteiger partial charge in [0.25, 0.3) is 5.91 Å². The normalized spacial score (nSPS) is 25.5. The van der Waals surface area contributed by atoms with E-state index < -0.39 is 0 Å². The number of ether oxygens (including phenoxy) is 1. The fourth-order valence-corrected chi connectivity index (χ4v) is 4.24. The maximum absolute atomic E-state index is 12.4. The zero-order valence-corrected chi connectivity index (χ0v) is 14.0. The summed E-state index contributed by atoms with van der Waals surface area (Å²) in [5.41, 5.74) is 0. The van der Waals surface area contributed by atoms with Gasteiger partial charge in [0, 0.05) is 23.1 Å². The van der Waals surface area contributed by atoms with Gasteiger partial charge in [-0.3, -0.25) is 4.79 Å². The van der Waals surface area contributed by atoms with E-state index in [1.807, 2.05) is 24.3 Å². The van der Waals surface area contributed by atoms with Crippen LogP contribution in [0.15, 0.2) is 36.4 Å². The van der Waals surface area contributed by atoms with Crippen LogP contribution in [0.2, 0.25) is 5.02 Å². The number of hydrogen-bond acceptors (Lipinski definition) is 4. The number of benzene rings is 1. The smallest absolute Gasteiger partial charge is 0.261 e. The number of rotatable bonds is 4. The Bertz CT molecular complexity index is 716. The van der Waals surface area contributed by atoms with Gasteiger partial charge in [-0.1, -0.05) is 22.9 Å². The zero-order chi connectivity index (χ0) is 15.8. The first-order valence-corrected chi connectivity index (χ1v) is 8.97. The minimum absolute atomic E-state index is 0.0136. The van der Waals surface area contributed by atoms with Crippen molar-refractivity contribution in [2.75, 3.05) is 0 Å². The Labute approximate surface area is 143 Å². The molecule has 1 aromatic heterocycles. The molecular formula is C17H17ClN2O2S. The number of thiophene rings is 1. The Morgan fingerprint density at radius 1 is 1.22 bits per heavy atom. The first kappa shape index (κ1) is 15.0. The van der Waals surface area contributed by atoms with Crippen LogP contribution in [-0.4, -0.2) is 24.0 Å². The summed E-state index contributed by atoms with van der Waals surface area (Å²) < 4.78 is 5.75. The molecular weight excluding hydrogens is 332 g/mol. The third kappa shape index (κ3) is 3.22. The summed E-state index contributed by atoms with van der Waals surface area (Å²) in [6.07, 6.45) is 3.43. The molecule has 0 saturated carbocycles.